The maximum atomic E-state index is 12.3. The van der Waals surface area contributed by atoms with Crippen molar-refractivity contribution in [3.63, 3.8) is 0 Å². The van der Waals surface area contributed by atoms with Crippen LogP contribution in [0.2, 0.25) is 0 Å². The quantitative estimate of drug-likeness (QED) is 0.782. The highest BCUT2D eigenvalue weighted by molar-refractivity contribution is 5.93. The van der Waals surface area contributed by atoms with Crippen molar-refractivity contribution in [3.8, 4) is 5.75 Å². The van der Waals surface area contributed by atoms with E-state index in [4.69, 9.17) is 4.74 Å². The van der Waals surface area contributed by atoms with Crippen molar-refractivity contribution in [2.75, 3.05) is 11.9 Å². The molecule has 20 heavy (non-hydrogen) atoms. The first-order chi connectivity index (χ1) is 9.81. The van der Waals surface area contributed by atoms with E-state index >= 15 is 0 Å². The Morgan fingerprint density at radius 3 is 2.75 bits per heavy atom. The zero-order valence-electron chi connectivity index (χ0n) is 12.4. The number of benzene rings is 1. The number of unbranched alkanes of at least 4 members (excludes halogenated alkanes) is 1. The van der Waals surface area contributed by atoms with Crippen LogP contribution in [0.25, 0.3) is 0 Å². The molecule has 0 heterocycles. The maximum absolute atomic E-state index is 12.3. The molecule has 3 heteroatoms. The molecule has 0 aliphatic heterocycles. The van der Waals surface area contributed by atoms with E-state index in [-0.39, 0.29) is 11.8 Å². The molecule has 2 rings (SSSR count). The summed E-state index contributed by atoms with van der Waals surface area (Å²) >= 11 is 0. The number of ether oxygens (including phenoxy) is 1. The molecule has 1 fully saturated rings. The average molecular weight is 275 g/mol. The standard InChI is InChI=1S/C17H25NO2/c1-2-3-13-20-16-12-8-7-11-15(16)18-17(19)14-9-5-4-6-10-14/h7-8,11-12,14H,2-6,9-10,13H2,1H3,(H,18,19). The molecule has 1 saturated carbocycles. The van der Waals surface area contributed by atoms with Crippen LogP contribution in [0.5, 0.6) is 5.75 Å². The van der Waals surface area contributed by atoms with E-state index in [1.54, 1.807) is 0 Å². The van der Waals surface area contributed by atoms with E-state index in [0.29, 0.717) is 6.61 Å². The number of hydrogen-bond acceptors (Lipinski definition) is 2. The van der Waals surface area contributed by atoms with E-state index in [9.17, 15) is 4.79 Å². The fourth-order valence-electron chi connectivity index (χ4n) is 2.62. The van der Waals surface area contributed by atoms with Crippen molar-refractivity contribution in [1.29, 1.82) is 0 Å². The molecule has 110 valence electrons. The Balaban J connectivity index is 1.95. The number of hydrogen-bond donors (Lipinski definition) is 1. The highest BCUT2D eigenvalue weighted by Crippen LogP contribution is 2.28. The van der Waals surface area contributed by atoms with Crippen molar-refractivity contribution >= 4 is 11.6 Å². The zero-order valence-corrected chi connectivity index (χ0v) is 12.4. The van der Waals surface area contributed by atoms with Crippen LogP contribution >= 0.6 is 0 Å². The normalized spacial score (nSPS) is 15.8. The number of para-hydroxylation sites is 2. The number of anilines is 1. The number of nitrogens with one attached hydrogen (secondary N) is 1. The van der Waals surface area contributed by atoms with Gasteiger partial charge in [0.15, 0.2) is 0 Å². The van der Waals surface area contributed by atoms with E-state index < -0.39 is 0 Å². The Labute approximate surface area is 121 Å². The fourth-order valence-corrected chi connectivity index (χ4v) is 2.62. The van der Waals surface area contributed by atoms with Crippen molar-refractivity contribution in [1.82, 2.24) is 0 Å². The minimum Gasteiger partial charge on any atom is -0.491 e. The van der Waals surface area contributed by atoms with Crippen molar-refractivity contribution < 1.29 is 9.53 Å². The molecule has 1 aromatic carbocycles. The summed E-state index contributed by atoms with van der Waals surface area (Å²) in [6.07, 6.45) is 7.79. The second kappa shape index (κ2) is 7.93. The van der Waals surface area contributed by atoms with Crippen LogP contribution in [-0.2, 0) is 4.79 Å². The lowest BCUT2D eigenvalue weighted by Crippen LogP contribution is -2.25. The van der Waals surface area contributed by atoms with Crippen LogP contribution in [0.3, 0.4) is 0 Å². The Morgan fingerprint density at radius 1 is 1.25 bits per heavy atom. The van der Waals surface area contributed by atoms with Crippen LogP contribution < -0.4 is 10.1 Å². The third-order valence-corrected chi connectivity index (χ3v) is 3.88. The summed E-state index contributed by atoms with van der Waals surface area (Å²) in [5, 5.41) is 3.04. The summed E-state index contributed by atoms with van der Waals surface area (Å²) in [4.78, 5) is 12.3. The lowest BCUT2D eigenvalue weighted by molar-refractivity contribution is -0.120. The van der Waals surface area contributed by atoms with E-state index in [2.05, 4.69) is 12.2 Å². The lowest BCUT2D eigenvalue weighted by Gasteiger charge is -2.21. The molecule has 0 bridgehead atoms. The zero-order chi connectivity index (χ0) is 14.2. The lowest BCUT2D eigenvalue weighted by atomic mass is 9.88. The summed E-state index contributed by atoms with van der Waals surface area (Å²) in [5.41, 5.74) is 0.805. The maximum Gasteiger partial charge on any atom is 0.227 e. The Kier molecular flexibility index (Phi) is 5.90. The first-order valence-electron chi connectivity index (χ1n) is 7.84. The van der Waals surface area contributed by atoms with Crippen molar-refractivity contribution in [2.24, 2.45) is 5.92 Å². The Hall–Kier alpha value is -1.51. The van der Waals surface area contributed by atoms with Crippen LogP contribution in [-0.4, -0.2) is 12.5 Å². The smallest absolute Gasteiger partial charge is 0.227 e. The number of carbonyl (C=O) groups is 1. The monoisotopic (exact) mass is 275 g/mol. The molecular weight excluding hydrogens is 250 g/mol. The van der Waals surface area contributed by atoms with Gasteiger partial charge in [-0.1, -0.05) is 44.7 Å². The minimum atomic E-state index is 0.149. The van der Waals surface area contributed by atoms with Crippen LogP contribution in [0, 0.1) is 5.92 Å². The first-order valence-corrected chi connectivity index (χ1v) is 7.84. The molecule has 0 spiro atoms. The van der Waals surface area contributed by atoms with Gasteiger partial charge in [-0.3, -0.25) is 4.79 Å². The number of rotatable bonds is 6. The number of amides is 1. The predicted molar refractivity (Wildman–Crippen MR) is 82.0 cm³/mol. The van der Waals surface area contributed by atoms with Gasteiger partial charge in [-0.2, -0.15) is 0 Å². The van der Waals surface area contributed by atoms with Gasteiger partial charge in [0.1, 0.15) is 5.75 Å². The molecule has 0 aromatic heterocycles. The summed E-state index contributed by atoms with van der Waals surface area (Å²) in [5.74, 6) is 1.11. The molecule has 0 radical (unpaired) electrons. The average Bonchev–Trinajstić information content (AvgIpc) is 2.50. The molecule has 1 aliphatic rings. The highest BCUT2D eigenvalue weighted by Gasteiger charge is 2.21. The molecule has 0 unspecified atom stereocenters. The molecule has 1 N–H and O–H groups in total. The second-order valence-corrected chi connectivity index (χ2v) is 5.52. The van der Waals surface area contributed by atoms with Crippen LogP contribution in [0.15, 0.2) is 24.3 Å². The highest BCUT2D eigenvalue weighted by atomic mass is 16.5. The summed E-state index contributed by atoms with van der Waals surface area (Å²) < 4.78 is 5.75. The molecule has 1 aliphatic carbocycles. The summed E-state index contributed by atoms with van der Waals surface area (Å²) in [6.45, 7) is 2.84. The Morgan fingerprint density at radius 2 is 2.00 bits per heavy atom. The fraction of sp³-hybridized carbons (Fsp3) is 0.588. The van der Waals surface area contributed by atoms with E-state index in [1.807, 2.05) is 24.3 Å². The number of carbonyl (C=O) groups excluding carboxylic acids is 1. The van der Waals surface area contributed by atoms with Gasteiger partial charge in [-0.25, -0.2) is 0 Å². The molecule has 1 aromatic rings. The largest absolute Gasteiger partial charge is 0.491 e. The Bertz CT molecular complexity index is 425. The molecule has 3 nitrogen and oxygen atoms in total. The van der Waals surface area contributed by atoms with E-state index in [0.717, 1.165) is 37.1 Å². The van der Waals surface area contributed by atoms with Gasteiger partial charge in [-0.15, -0.1) is 0 Å². The van der Waals surface area contributed by atoms with E-state index in [1.165, 1.54) is 19.3 Å². The van der Waals surface area contributed by atoms with Gasteiger partial charge in [0.25, 0.3) is 0 Å². The summed E-state index contributed by atoms with van der Waals surface area (Å²) in [7, 11) is 0. The predicted octanol–water partition coefficient (Wildman–Crippen LogP) is 4.38. The third-order valence-electron chi connectivity index (χ3n) is 3.88. The summed E-state index contributed by atoms with van der Waals surface area (Å²) in [6, 6.07) is 7.72. The van der Waals surface area contributed by atoms with Gasteiger partial charge in [0.05, 0.1) is 12.3 Å². The van der Waals surface area contributed by atoms with Crippen LogP contribution in [0.1, 0.15) is 51.9 Å². The molecule has 0 saturated heterocycles. The second-order valence-electron chi connectivity index (χ2n) is 5.52. The van der Waals surface area contributed by atoms with Gasteiger partial charge >= 0.3 is 0 Å². The third kappa shape index (κ3) is 4.26. The minimum absolute atomic E-state index is 0.149. The van der Waals surface area contributed by atoms with Gasteiger partial charge in [0, 0.05) is 5.92 Å². The van der Waals surface area contributed by atoms with Gasteiger partial charge in [-0.05, 0) is 31.4 Å². The molecule has 0 atom stereocenters. The SMILES string of the molecule is CCCCOc1ccccc1NC(=O)C1CCCCC1. The first kappa shape index (κ1) is 14.9. The van der Waals surface area contributed by atoms with Crippen molar-refractivity contribution in [2.45, 2.75) is 51.9 Å². The molecular formula is C17H25NO2. The topological polar surface area (TPSA) is 38.3 Å². The van der Waals surface area contributed by atoms with Crippen molar-refractivity contribution in [3.05, 3.63) is 24.3 Å². The van der Waals surface area contributed by atoms with Gasteiger partial charge < -0.3 is 10.1 Å². The molecule has 1 amide bonds. The van der Waals surface area contributed by atoms with Gasteiger partial charge in [0.2, 0.25) is 5.91 Å². The van der Waals surface area contributed by atoms with Crippen LogP contribution in [0.4, 0.5) is 5.69 Å².